The average molecular weight is 165 g/mol. The predicted molar refractivity (Wildman–Crippen MR) is 48.8 cm³/mol. The van der Waals surface area contributed by atoms with Crippen LogP contribution in [0, 0.1) is 6.92 Å². The highest BCUT2D eigenvalue weighted by Crippen LogP contribution is 2.16. The Bertz CT molecular complexity index is 268. The van der Waals surface area contributed by atoms with Crippen molar-refractivity contribution in [2.75, 3.05) is 6.54 Å². The molecule has 0 spiro atoms. The van der Waals surface area contributed by atoms with Gasteiger partial charge >= 0.3 is 0 Å². The lowest BCUT2D eigenvalue weighted by atomic mass is 9.93. The Balaban J connectivity index is 3.03. The summed E-state index contributed by atoms with van der Waals surface area (Å²) in [6.07, 6.45) is 1.77. The van der Waals surface area contributed by atoms with E-state index in [0.29, 0.717) is 6.54 Å². The van der Waals surface area contributed by atoms with Crippen molar-refractivity contribution in [1.82, 2.24) is 9.97 Å². The number of hydrogen-bond donors (Lipinski definition) is 1. The zero-order chi connectivity index (χ0) is 9.19. The van der Waals surface area contributed by atoms with Gasteiger partial charge in [-0.15, -0.1) is 0 Å². The molecule has 1 rings (SSSR count). The van der Waals surface area contributed by atoms with E-state index < -0.39 is 0 Å². The van der Waals surface area contributed by atoms with E-state index in [1.807, 2.05) is 26.8 Å². The van der Waals surface area contributed by atoms with Gasteiger partial charge in [-0.25, -0.2) is 9.97 Å². The van der Waals surface area contributed by atoms with E-state index in [9.17, 15) is 0 Å². The first-order valence-corrected chi connectivity index (χ1v) is 4.06. The van der Waals surface area contributed by atoms with Crippen molar-refractivity contribution in [3.05, 3.63) is 23.8 Å². The molecule has 0 saturated heterocycles. The van der Waals surface area contributed by atoms with E-state index >= 15 is 0 Å². The number of nitrogens with two attached hydrogens (primary N) is 1. The highest BCUT2D eigenvalue weighted by atomic mass is 14.9. The molecule has 3 heteroatoms. The van der Waals surface area contributed by atoms with Gasteiger partial charge in [0.15, 0.2) is 0 Å². The molecule has 3 nitrogen and oxygen atoms in total. The van der Waals surface area contributed by atoms with Crippen molar-refractivity contribution < 1.29 is 0 Å². The summed E-state index contributed by atoms with van der Waals surface area (Å²) in [4.78, 5) is 8.52. The Kier molecular flexibility index (Phi) is 2.43. The summed E-state index contributed by atoms with van der Waals surface area (Å²) in [5, 5.41) is 0. The van der Waals surface area contributed by atoms with Crippen molar-refractivity contribution in [3.63, 3.8) is 0 Å². The van der Waals surface area contributed by atoms with Crippen LogP contribution in [0.2, 0.25) is 0 Å². The Labute approximate surface area is 73.0 Å². The molecule has 0 bridgehead atoms. The lowest BCUT2D eigenvalue weighted by Gasteiger charge is -2.20. The van der Waals surface area contributed by atoms with Crippen LogP contribution < -0.4 is 5.73 Å². The van der Waals surface area contributed by atoms with E-state index in [4.69, 9.17) is 5.73 Å². The first kappa shape index (κ1) is 9.13. The van der Waals surface area contributed by atoms with Crippen LogP contribution in [0.4, 0.5) is 0 Å². The number of rotatable bonds is 2. The minimum Gasteiger partial charge on any atom is -0.329 e. The molecule has 0 unspecified atom stereocenters. The Morgan fingerprint density at radius 1 is 1.50 bits per heavy atom. The Morgan fingerprint density at radius 3 is 2.67 bits per heavy atom. The van der Waals surface area contributed by atoms with Crippen molar-refractivity contribution >= 4 is 0 Å². The minimum atomic E-state index is -0.119. The van der Waals surface area contributed by atoms with E-state index in [2.05, 4.69) is 9.97 Å². The highest BCUT2D eigenvalue weighted by molar-refractivity contribution is 5.08. The Hall–Kier alpha value is -0.960. The smallest absolute Gasteiger partial charge is 0.135 e. The van der Waals surface area contributed by atoms with Crippen LogP contribution in [0.5, 0.6) is 0 Å². The highest BCUT2D eigenvalue weighted by Gasteiger charge is 2.21. The second kappa shape index (κ2) is 3.19. The molecular weight excluding hydrogens is 150 g/mol. The van der Waals surface area contributed by atoms with E-state index in [1.54, 1.807) is 6.20 Å². The molecule has 0 fully saturated rings. The van der Waals surface area contributed by atoms with Crippen LogP contribution in [-0.2, 0) is 5.41 Å². The maximum absolute atomic E-state index is 5.61. The lowest BCUT2D eigenvalue weighted by molar-refractivity contribution is 0.500. The summed E-state index contributed by atoms with van der Waals surface area (Å²) in [7, 11) is 0. The van der Waals surface area contributed by atoms with Crippen molar-refractivity contribution in [2.24, 2.45) is 5.73 Å². The molecule has 0 amide bonds. The fraction of sp³-hybridized carbons (Fsp3) is 0.556. The van der Waals surface area contributed by atoms with Gasteiger partial charge in [-0.1, -0.05) is 13.8 Å². The predicted octanol–water partition coefficient (Wildman–Crippen LogP) is 1.02. The molecule has 1 aromatic heterocycles. The summed E-state index contributed by atoms with van der Waals surface area (Å²) in [6, 6.07) is 1.89. The quantitative estimate of drug-likeness (QED) is 0.711. The largest absolute Gasteiger partial charge is 0.329 e. The van der Waals surface area contributed by atoms with E-state index in [-0.39, 0.29) is 5.41 Å². The zero-order valence-electron chi connectivity index (χ0n) is 7.83. The van der Waals surface area contributed by atoms with Gasteiger partial charge in [-0.05, 0) is 13.0 Å². The second-order valence-corrected chi connectivity index (χ2v) is 3.61. The van der Waals surface area contributed by atoms with Crippen LogP contribution in [0.1, 0.15) is 25.4 Å². The second-order valence-electron chi connectivity index (χ2n) is 3.61. The van der Waals surface area contributed by atoms with Gasteiger partial charge in [0, 0.05) is 23.9 Å². The maximum atomic E-state index is 5.61. The van der Waals surface area contributed by atoms with E-state index in [0.717, 1.165) is 11.5 Å². The van der Waals surface area contributed by atoms with Crippen LogP contribution in [0.3, 0.4) is 0 Å². The maximum Gasteiger partial charge on any atom is 0.135 e. The van der Waals surface area contributed by atoms with Gasteiger partial charge < -0.3 is 5.73 Å². The molecule has 66 valence electrons. The first-order chi connectivity index (χ1) is 5.56. The van der Waals surface area contributed by atoms with E-state index in [1.165, 1.54) is 0 Å². The first-order valence-electron chi connectivity index (χ1n) is 4.06. The lowest BCUT2D eigenvalue weighted by Crippen LogP contribution is -2.30. The SMILES string of the molecule is Cc1ccnc(C(C)(C)CN)n1. The molecule has 1 heterocycles. The normalized spacial score (nSPS) is 11.7. The van der Waals surface area contributed by atoms with Crippen LogP contribution >= 0.6 is 0 Å². The fourth-order valence-electron chi connectivity index (χ4n) is 0.866. The third-order valence-electron chi connectivity index (χ3n) is 1.91. The van der Waals surface area contributed by atoms with Crippen LogP contribution in [0.25, 0.3) is 0 Å². The molecule has 0 aliphatic rings. The fourth-order valence-corrected chi connectivity index (χ4v) is 0.866. The monoisotopic (exact) mass is 165 g/mol. The molecule has 0 aliphatic heterocycles. The van der Waals surface area contributed by atoms with Gasteiger partial charge in [0.1, 0.15) is 5.82 Å². The molecule has 1 aromatic rings. The molecular formula is C9H15N3. The minimum absolute atomic E-state index is 0.119. The summed E-state index contributed by atoms with van der Waals surface area (Å²) in [6.45, 7) is 6.61. The number of aryl methyl sites for hydroxylation is 1. The number of hydrogen-bond acceptors (Lipinski definition) is 3. The van der Waals surface area contributed by atoms with Crippen LogP contribution in [0.15, 0.2) is 12.3 Å². The molecule has 0 atom stereocenters. The average Bonchev–Trinajstić information content (AvgIpc) is 2.05. The molecule has 0 radical (unpaired) electrons. The van der Waals surface area contributed by atoms with Crippen molar-refractivity contribution in [1.29, 1.82) is 0 Å². The van der Waals surface area contributed by atoms with Gasteiger partial charge in [0.25, 0.3) is 0 Å². The van der Waals surface area contributed by atoms with Crippen LogP contribution in [-0.4, -0.2) is 16.5 Å². The number of aromatic nitrogens is 2. The molecule has 12 heavy (non-hydrogen) atoms. The standard InChI is InChI=1S/C9H15N3/c1-7-4-5-11-8(12-7)9(2,3)6-10/h4-5H,6,10H2,1-3H3. The van der Waals surface area contributed by atoms with Gasteiger partial charge in [-0.3, -0.25) is 0 Å². The third-order valence-corrected chi connectivity index (χ3v) is 1.91. The summed E-state index contributed by atoms with van der Waals surface area (Å²) in [5.41, 5.74) is 6.48. The Morgan fingerprint density at radius 2 is 2.17 bits per heavy atom. The third kappa shape index (κ3) is 1.80. The van der Waals surface area contributed by atoms with Gasteiger partial charge in [0.2, 0.25) is 0 Å². The summed E-state index contributed by atoms with van der Waals surface area (Å²) in [5.74, 6) is 0.824. The topological polar surface area (TPSA) is 51.8 Å². The van der Waals surface area contributed by atoms with Gasteiger partial charge in [0.05, 0.1) is 0 Å². The molecule has 0 aliphatic carbocycles. The van der Waals surface area contributed by atoms with Crippen molar-refractivity contribution in [3.8, 4) is 0 Å². The summed E-state index contributed by atoms with van der Waals surface area (Å²) < 4.78 is 0. The molecule has 0 saturated carbocycles. The zero-order valence-corrected chi connectivity index (χ0v) is 7.83. The van der Waals surface area contributed by atoms with Gasteiger partial charge in [-0.2, -0.15) is 0 Å². The number of nitrogens with zero attached hydrogens (tertiary/aromatic N) is 2. The molecule has 2 N–H and O–H groups in total. The molecule has 0 aromatic carbocycles. The van der Waals surface area contributed by atoms with Crippen molar-refractivity contribution in [2.45, 2.75) is 26.2 Å². The summed E-state index contributed by atoms with van der Waals surface area (Å²) >= 11 is 0.